The summed E-state index contributed by atoms with van der Waals surface area (Å²) in [5, 5.41) is 19.9. The molecule has 0 fully saturated rings. The molecule has 0 atom stereocenters. The molecule has 25 heavy (non-hydrogen) atoms. The minimum Gasteiger partial charge on any atom is -0.507 e. The Morgan fingerprint density at radius 3 is 1.92 bits per heavy atom. The number of hydrogen-bond acceptors (Lipinski definition) is 3. The van der Waals surface area contributed by atoms with Crippen molar-refractivity contribution in [1.82, 2.24) is 15.0 Å². The summed E-state index contributed by atoms with van der Waals surface area (Å²) in [5.74, 6) is 0.349. The molecule has 1 aromatic heterocycles. The van der Waals surface area contributed by atoms with Gasteiger partial charge in [0, 0.05) is 5.56 Å². The lowest BCUT2D eigenvalue weighted by Gasteiger charge is -2.27. The van der Waals surface area contributed by atoms with Crippen LogP contribution >= 0.6 is 0 Å². The summed E-state index contributed by atoms with van der Waals surface area (Å²) in [5.41, 5.74) is 4.63. The van der Waals surface area contributed by atoms with Crippen molar-refractivity contribution in [2.24, 2.45) is 0 Å². The van der Waals surface area contributed by atoms with Crippen molar-refractivity contribution < 1.29 is 5.11 Å². The van der Waals surface area contributed by atoms with Crippen LogP contribution in [0.5, 0.6) is 5.75 Å². The van der Waals surface area contributed by atoms with E-state index < -0.39 is 0 Å². The van der Waals surface area contributed by atoms with E-state index in [0.717, 1.165) is 22.2 Å². The molecule has 4 nitrogen and oxygen atoms in total. The van der Waals surface area contributed by atoms with E-state index in [-0.39, 0.29) is 10.8 Å². The van der Waals surface area contributed by atoms with Crippen LogP contribution < -0.4 is 0 Å². The second-order valence-electron chi connectivity index (χ2n) is 8.75. The second kappa shape index (κ2) is 5.87. The molecule has 0 unspecified atom stereocenters. The van der Waals surface area contributed by atoms with Gasteiger partial charge in [-0.25, -0.2) is 0 Å². The predicted molar refractivity (Wildman–Crippen MR) is 102 cm³/mol. The Labute approximate surface area is 149 Å². The molecule has 0 bridgehead atoms. The van der Waals surface area contributed by atoms with Crippen LogP contribution in [0.25, 0.3) is 11.0 Å². The monoisotopic (exact) mass is 337 g/mol. The molecule has 132 valence electrons. The van der Waals surface area contributed by atoms with Gasteiger partial charge in [-0.2, -0.15) is 15.0 Å². The highest BCUT2D eigenvalue weighted by Gasteiger charge is 2.25. The number of nitrogens with zero attached hydrogens (tertiary/aromatic N) is 3. The average molecular weight is 337 g/mol. The number of aromatic nitrogens is 3. The van der Waals surface area contributed by atoms with E-state index in [1.807, 2.05) is 24.3 Å². The van der Waals surface area contributed by atoms with Gasteiger partial charge in [-0.15, -0.1) is 0 Å². The third kappa shape index (κ3) is 3.53. The Morgan fingerprint density at radius 1 is 0.880 bits per heavy atom. The van der Waals surface area contributed by atoms with E-state index in [0.29, 0.717) is 12.3 Å². The van der Waals surface area contributed by atoms with Crippen molar-refractivity contribution in [2.45, 2.75) is 58.9 Å². The van der Waals surface area contributed by atoms with Gasteiger partial charge in [0.05, 0.1) is 6.54 Å². The van der Waals surface area contributed by atoms with Crippen molar-refractivity contribution in [3.8, 4) is 5.75 Å². The molecule has 0 spiro atoms. The Morgan fingerprint density at radius 2 is 1.44 bits per heavy atom. The quantitative estimate of drug-likeness (QED) is 0.732. The number of rotatable bonds is 2. The maximum atomic E-state index is 10.9. The van der Waals surface area contributed by atoms with E-state index in [1.165, 1.54) is 5.56 Å². The first kappa shape index (κ1) is 17.5. The van der Waals surface area contributed by atoms with Gasteiger partial charge in [-0.3, -0.25) is 0 Å². The zero-order valence-corrected chi connectivity index (χ0v) is 16.0. The summed E-state index contributed by atoms with van der Waals surface area (Å²) in [6.45, 7) is 13.4. The lowest BCUT2D eigenvalue weighted by Crippen LogP contribution is -2.18. The van der Waals surface area contributed by atoms with Crippen LogP contribution in [0.1, 0.15) is 58.2 Å². The minimum absolute atomic E-state index is 0.00467. The van der Waals surface area contributed by atoms with Crippen LogP contribution in [0.3, 0.4) is 0 Å². The van der Waals surface area contributed by atoms with Crippen molar-refractivity contribution in [2.75, 3.05) is 0 Å². The maximum Gasteiger partial charge on any atom is 0.124 e. The number of fused-ring (bicyclic) bond motifs is 1. The molecule has 0 aliphatic carbocycles. The number of phenols is 1. The van der Waals surface area contributed by atoms with Crippen molar-refractivity contribution in [3.63, 3.8) is 0 Å². The molecule has 3 rings (SSSR count). The van der Waals surface area contributed by atoms with Gasteiger partial charge in [-0.05, 0) is 40.2 Å². The van der Waals surface area contributed by atoms with Gasteiger partial charge in [0.1, 0.15) is 16.8 Å². The fourth-order valence-corrected chi connectivity index (χ4v) is 2.95. The first-order valence-corrected chi connectivity index (χ1v) is 8.72. The lowest BCUT2D eigenvalue weighted by molar-refractivity contribution is 0.432. The highest BCUT2D eigenvalue weighted by molar-refractivity contribution is 5.73. The summed E-state index contributed by atoms with van der Waals surface area (Å²) < 4.78 is 0. The van der Waals surface area contributed by atoms with Crippen LogP contribution in [-0.2, 0) is 17.4 Å². The molecule has 0 aliphatic rings. The number of aromatic hydroxyl groups is 1. The van der Waals surface area contributed by atoms with E-state index in [9.17, 15) is 5.11 Å². The van der Waals surface area contributed by atoms with Gasteiger partial charge >= 0.3 is 0 Å². The lowest BCUT2D eigenvalue weighted by atomic mass is 9.79. The topological polar surface area (TPSA) is 50.9 Å². The normalized spacial score (nSPS) is 12.7. The van der Waals surface area contributed by atoms with Crippen molar-refractivity contribution >= 4 is 11.0 Å². The van der Waals surface area contributed by atoms with Crippen LogP contribution in [0.15, 0.2) is 36.4 Å². The molecule has 1 N–H and O–H groups in total. The predicted octanol–water partition coefficient (Wildman–Crippen LogP) is 4.78. The SMILES string of the molecule is CC(C)(C)c1cc(Cn2nc3ccccc3n2)c(O)c(C(C)(C)C)c1. The van der Waals surface area contributed by atoms with Crippen LogP contribution in [0.4, 0.5) is 0 Å². The Balaban J connectivity index is 2.10. The first-order valence-electron chi connectivity index (χ1n) is 8.72. The maximum absolute atomic E-state index is 10.9. The van der Waals surface area contributed by atoms with Crippen LogP contribution in [0, 0.1) is 0 Å². The third-order valence-electron chi connectivity index (χ3n) is 4.50. The molecular formula is C21H27N3O. The number of benzene rings is 2. The summed E-state index contributed by atoms with van der Waals surface area (Å²) in [4.78, 5) is 1.67. The standard InChI is InChI=1S/C21H27N3O/c1-20(2,3)15-11-14(19(25)16(12-15)21(4,5)6)13-24-22-17-9-7-8-10-18(17)23-24/h7-12,25H,13H2,1-6H3. The van der Waals surface area contributed by atoms with Crippen molar-refractivity contribution in [3.05, 3.63) is 53.1 Å². The third-order valence-corrected chi connectivity index (χ3v) is 4.50. The van der Waals surface area contributed by atoms with Crippen LogP contribution in [0.2, 0.25) is 0 Å². The Bertz CT molecular complexity index is 878. The van der Waals surface area contributed by atoms with Crippen LogP contribution in [-0.4, -0.2) is 20.1 Å². The average Bonchev–Trinajstić information content (AvgIpc) is 2.89. The highest BCUT2D eigenvalue weighted by atomic mass is 16.3. The molecule has 0 saturated heterocycles. The van der Waals surface area contributed by atoms with E-state index in [2.05, 4.69) is 63.9 Å². The molecule has 2 aromatic carbocycles. The van der Waals surface area contributed by atoms with Crippen molar-refractivity contribution in [1.29, 1.82) is 0 Å². The van der Waals surface area contributed by atoms with E-state index >= 15 is 0 Å². The molecule has 0 radical (unpaired) electrons. The minimum atomic E-state index is -0.137. The van der Waals surface area contributed by atoms with Gasteiger partial charge in [0.25, 0.3) is 0 Å². The number of phenolic OH excluding ortho intramolecular Hbond substituents is 1. The summed E-state index contributed by atoms with van der Waals surface area (Å²) >= 11 is 0. The fourth-order valence-electron chi connectivity index (χ4n) is 2.95. The Hall–Kier alpha value is -2.36. The smallest absolute Gasteiger partial charge is 0.124 e. The van der Waals surface area contributed by atoms with Gasteiger partial charge in [0.2, 0.25) is 0 Å². The molecular weight excluding hydrogens is 310 g/mol. The number of hydrogen-bond donors (Lipinski definition) is 1. The zero-order chi connectivity index (χ0) is 18.4. The zero-order valence-electron chi connectivity index (χ0n) is 16.0. The molecule has 3 aromatic rings. The highest BCUT2D eigenvalue weighted by Crippen LogP contribution is 2.37. The first-order chi connectivity index (χ1) is 11.6. The summed E-state index contributed by atoms with van der Waals surface area (Å²) in [6.07, 6.45) is 0. The van der Waals surface area contributed by atoms with E-state index in [1.54, 1.807) is 4.80 Å². The molecule has 1 heterocycles. The van der Waals surface area contributed by atoms with Gasteiger partial charge < -0.3 is 5.11 Å². The van der Waals surface area contributed by atoms with E-state index in [4.69, 9.17) is 0 Å². The molecule has 0 amide bonds. The summed E-state index contributed by atoms with van der Waals surface area (Å²) in [6, 6.07) is 12.0. The summed E-state index contributed by atoms with van der Waals surface area (Å²) in [7, 11) is 0. The molecule has 4 heteroatoms. The Kier molecular flexibility index (Phi) is 4.10. The second-order valence-corrected chi connectivity index (χ2v) is 8.75. The fraction of sp³-hybridized carbons (Fsp3) is 0.429. The largest absolute Gasteiger partial charge is 0.507 e. The molecule has 0 saturated carbocycles. The van der Waals surface area contributed by atoms with Gasteiger partial charge in [-0.1, -0.05) is 59.7 Å². The van der Waals surface area contributed by atoms with Gasteiger partial charge in [0.15, 0.2) is 0 Å². The molecule has 0 aliphatic heterocycles.